The van der Waals surface area contributed by atoms with Crippen LogP contribution in [0.5, 0.6) is 5.75 Å². The number of carbonyl (C=O) groups excluding carboxylic acids is 2. The summed E-state index contributed by atoms with van der Waals surface area (Å²) in [7, 11) is 0. The number of hydrogen-bond acceptors (Lipinski definition) is 6. The fraction of sp³-hybridized carbons (Fsp3) is 0.407. The summed E-state index contributed by atoms with van der Waals surface area (Å²) in [5, 5.41) is 11.1. The Morgan fingerprint density at radius 1 is 1.09 bits per heavy atom. The minimum absolute atomic E-state index is 0.0998. The van der Waals surface area contributed by atoms with Gasteiger partial charge in [-0.3, -0.25) is 4.79 Å². The second-order valence-corrected chi connectivity index (χ2v) is 8.92. The second-order valence-electron chi connectivity index (χ2n) is 8.92. The average molecular weight is 477 g/mol. The Labute approximate surface area is 205 Å². The van der Waals surface area contributed by atoms with E-state index in [4.69, 9.17) is 9.47 Å². The van der Waals surface area contributed by atoms with E-state index in [1.165, 1.54) is 25.5 Å². The number of aromatic nitrogens is 3. The van der Waals surface area contributed by atoms with Gasteiger partial charge in [0.2, 0.25) is 5.91 Å². The molecule has 1 aliphatic rings. The standard InChI is InChI=1S/C27H32N4O4/c1-3-34-27(33)25-17-31(30-29-25)16-24(28-26(32)19(2)21-10-5-4-6-11-21)22-12-14-23(15-13-22)35-18-20-8-7-9-20/h4-6,10-15,17,19-20,24H,3,7-9,16,18H2,1-2H3,(H,28,32)/t19-,24-/m0/s1. The number of benzene rings is 2. The maximum atomic E-state index is 13.1. The van der Waals surface area contributed by atoms with E-state index in [-0.39, 0.29) is 30.2 Å². The van der Waals surface area contributed by atoms with Crippen LogP contribution in [0.1, 0.15) is 66.7 Å². The normalized spacial score (nSPS) is 15.0. The molecule has 4 rings (SSSR count). The van der Waals surface area contributed by atoms with Gasteiger partial charge < -0.3 is 14.8 Å². The zero-order valence-corrected chi connectivity index (χ0v) is 20.2. The first-order valence-electron chi connectivity index (χ1n) is 12.2. The highest BCUT2D eigenvalue weighted by Gasteiger charge is 2.23. The Balaban J connectivity index is 1.49. The zero-order valence-electron chi connectivity index (χ0n) is 20.2. The fourth-order valence-corrected chi connectivity index (χ4v) is 3.97. The molecule has 8 heteroatoms. The van der Waals surface area contributed by atoms with Crippen molar-refractivity contribution in [3.05, 3.63) is 77.6 Å². The van der Waals surface area contributed by atoms with E-state index in [2.05, 4.69) is 15.6 Å². The summed E-state index contributed by atoms with van der Waals surface area (Å²) >= 11 is 0. The van der Waals surface area contributed by atoms with Crippen LogP contribution in [0.4, 0.5) is 0 Å². The van der Waals surface area contributed by atoms with Crippen LogP contribution < -0.4 is 10.1 Å². The summed E-state index contributed by atoms with van der Waals surface area (Å²) in [6.45, 7) is 4.93. The molecule has 184 valence electrons. The summed E-state index contributed by atoms with van der Waals surface area (Å²) in [6, 6.07) is 17.0. The van der Waals surface area contributed by atoms with E-state index in [1.54, 1.807) is 11.6 Å². The molecule has 2 aromatic carbocycles. The number of carbonyl (C=O) groups is 2. The van der Waals surface area contributed by atoms with Crippen molar-refractivity contribution in [2.45, 2.75) is 51.6 Å². The molecule has 1 aromatic heterocycles. The maximum Gasteiger partial charge on any atom is 0.360 e. The monoisotopic (exact) mass is 476 g/mol. The predicted octanol–water partition coefficient (Wildman–Crippen LogP) is 4.29. The number of amides is 1. The largest absolute Gasteiger partial charge is 0.493 e. The van der Waals surface area contributed by atoms with Crippen molar-refractivity contribution in [1.29, 1.82) is 0 Å². The molecule has 2 atom stereocenters. The van der Waals surface area contributed by atoms with Gasteiger partial charge in [0, 0.05) is 0 Å². The van der Waals surface area contributed by atoms with Gasteiger partial charge in [0.15, 0.2) is 5.69 Å². The van der Waals surface area contributed by atoms with Gasteiger partial charge in [0.1, 0.15) is 5.75 Å². The third-order valence-corrected chi connectivity index (χ3v) is 6.40. The van der Waals surface area contributed by atoms with Crippen molar-refractivity contribution in [3.63, 3.8) is 0 Å². The summed E-state index contributed by atoms with van der Waals surface area (Å²) in [5.41, 5.74) is 1.98. The van der Waals surface area contributed by atoms with E-state index in [0.29, 0.717) is 12.5 Å². The van der Waals surface area contributed by atoms with Crippen LogP contribution in [0.3, 0.4) is 0 Å². The van der Waals surface area contributed by atoms with Gasteiger partial charge in [-0.1, -0.05) is 54.1 Å². The van der Waals surface area contributed by atoms with E-state index in [9.17, 15) is 9.59 Å². The molecular formula is C27H32N4O4. The van der Waals surface area contributed by atoms with Gasteiger partial charge in [-0.2, -0.15) is 0 Å². The average Bonchev–Trinajstić information content (AvgIpc) is 3.32. The summed E-state index contributed by atoms with van der Waals surface area (Å²) in [5.74, 6) is 0.521. The molecule has 0 bridgehead atoms. The molecule has 1 heterocycles. The van der Waals surface area contributed by atoms with Crippen LogP contribution in [-0.2, 0) is 16.1 Å². The van der Waals surface area contributed by atoms with Crippen molar-refractivity contribution in [3.8, 4) is 5.75 Å². The van der Waals surface area contributed by atoms with E-state index in [0.717, 1.165) is 23.5 Å². The number of ether oxygens (including phenoxy) is 2. The number of rotatable bonds is 11. The zero-order chi connectivity index (χ0) is 24.6. The molecule has 1 saturated carbocycles. The molecule has 8 nitrogen and oxygen atoms in total. The highest BCUT2D eigenvalue weighted by Crippen LogP contribution is 2.28. The molecule has 0 spiro atoms. The first kappa shape index (κ1) is 24.4. The van der Waals surface area contributed by atoms with Crippen LogP contribution in [0.2, 0.25) is 0 Å². The molecule has 0 radical (unpaired) electrons. The van der Waals surface area contributed by atoms with Gasteiger partial charge in [0.25, 0.3) is 0 Å². The van der Waals surface area contributed by atoms with Crippen molar-refractivity contribution in [1.82, 2.24) is 20.3 Å². The smallest absolute Gasteiger partial charge is 0.360 e. The van der Waals surface area contributed by atoms with Gasteiger partial charge in [0.05, 0.1) is 37.9 Å². The molecule has 1 amide bonds. The van der Waals surface area contributed by atoms with E-state index >= 15 is 0 Å². The Bertz CT molecular complexity index is 1110. The SMILES string of the molecule is CCOC(=O)c1cn(C[C@H](NC(=O)[C@@H](C)c2ccccc2)c2ccc(OCC3CCC3)cc2)nn1. The van der Waals surface area contributed by atoms with Crippen LogP contribution in [0.25, 0.3) is 0 Å². The lowest BCUT2D eigenvalue weighted by Crippen LogP contribution is -2.34. The number of nitrogens with zero attached hydrogens (tertiary/aromatic N) is 3. The fourth-order valence-electron chi connectivity index (χ4n) is 3.97. The minimum Gasteiger partial charge on any atom is -0.493 e. The number of hydrogen-bond donors (Lipinski definition) is 1. The lowest BCUT2D eigenvalue weighted by molar-refractivity contribution is -0.123. The molecule has 3 aromatic rings. The first-order chi connectivity index (χ1) is 17.0. The lowest BCUT2D eigenvalue weighted by atomic mass is 9.86. The third kappa shape index (κ3) is 6.47. The van der Waals surface area contributed by atoms with E-state index < -0.39 is 5.97 Å². The minimum atomic E-state index is -0.523. The highest BCUT2D eigenvalue weighted by molar-refractivity contribution is 5.86. The van der Waals surface area contributed by atoms with Crippen LogP contribution >= 0.6 is 0 Å². The molecule has 35 heavy (non-hydrogen) atoms. The molecule has 0 aliphatic heterocycles. The molecule has 0 unspecified atom stereocenters. The van der Waals surface area contributed by atoms with E-state index in [1.807, 2.05) is 61.5 Å². The van der Waals surface area contributed by atoms with Crippen LogP contribution in [-0.4, -0.2) is 40.1 Å². The van der Waals surface area contributed by atoms with Crippen molar-refractivity contribution < 1.29 is 19.1 Å². The Morgan fingerprint density at radius 2 is 1.83 bits per heavy atom. The van der Waals surface area contributed by atoms with Gasteiger partial charge in [-0.15, -0.1) is 5.10 Å². The lowest BCUT2D eigenvalue weighted by Gasteiger charge is -2.25. The molecule has 0 saturated heterocycles. The van der Waals surface area contributed by atoms with Gasteiger partial charge in [-0.25, -0.2) is 9.48 Å². The summed E-state index contributed by atoms with van der Waals surface area (Å²) < 4.78 is 12.5. The van der Waals surface area contributed by atoms with Crippen molar-refractivity contribution in [2.24, 2.45) is 5.92 Å². The molecular weight excluding hydrogens is 444 g/mol. The molecule has 1 N–H and O–H groups in total. The first-order valence-corrected chi connectivity index (χ1v) is 12.2. The second kappa shape index (κ2) is 11.6. The highest BCUT2D eigenvalue weighted by atomic mass is 16.5. The summed E-state index contributed by atoms with van der Waals surface area (Å²) in [4.78, 5) is 25.1. The summed E-state index contributed by atoms with van der Waals surface area (Å²) in [6.07, 6.45) is 5.29. The quantitative estimate of drug-likeness (QED) is 0.415. The third-order valence-electron chi connectivity index (χ3n) is 6.40. The number of nitrogens with one attached hydrogen (secondary N) is 1. The molecule has 1 fully saturated rings. The van der Waals surface area contributed by atoms with Crippen molar-refractivity contribution in [2.75, 3.05) is 13.2 Å². The Morgan fingerprint density at radius 3 is 2.49 bits per heavy atom. The Hall–Kier alpha value is -3.68. The van der Waals surface area contributed by atoms with Gasteiger partial charge in [-0.05, 0) is 55.9 Å². The van der Waals surface area contributed by atoms with Gasteiger partial charge >= 0.3 is 5.97 Å². The topological polar surface area (TPSA) is 95.3 Å². The number of esters is 1. The van der Waals surface area contributed by atoms with Crippen molar-refractivity contribution >= 4 is 11.9 Å². The van der Waals surface area contributed by atoms with Crippen LogP contribution in [0.15, 0.2) is 60.8 Å². The predicted molar refractivity (Wildman–Crippen MR) is 131 cm³/mol. The Kier molecular flexibility index (Phi) is 8.13. The molecule has 1 aliphatic carbocycles. The van der Waals surface area contributed by atoms with Crippen LogP contribution in [0, 0.1) is 5.92 Å². The maximum absolute atomic E-state index is 13.1.